The molecule has 1 aromatic rings. The zero-order chi connectivity index (χ0) is 10.4. The number of fused-ring (bicyclic) bond motifs is 4. The van der Waals surface area contributed by atoms with Gasteiger partial charge in [-0.3, -0.25) is 0 Å². The van der Waals surface area contributed by atoms with E-state index in [1.807, 2.05) is 6.07 Å². The summed E-state index contributed by atoms with van der Waals surface area (Å²) in [5.74, 6) is -0.203. The number of rotatable bonds is 1. The van der Waals surface area contributed by atoms with Crippen LogP contribution < -0.4 is 5.32 Å². The van der Waals surface area contributed by atoms with Gasteiger partial charge in [0.05, 0.1) is 7.11 Å². The van der Waals surface area contributed by atoms with Gasteiger partial charge in [0.2, 0.25) is 0 Å². The van der Waals surface area contributed by atoms with E-state index in [-0.39, 0.29) is 5.97 Å². The van der Waals surface area contributed by atoms with E-state index < -0.39 is 0 Å². The molecule has 80 valence electrons. The van der Waals surface area contributed by atoms with Crippen LogP contribution in [-0.4, -0.2) is 19.1 Å². The zero-order valence-corrected chi connectivity index (χ0v) is 9.39. The Labute approximate surface area is 92.4 Å². The van der Waals surface area contributed by atoms with E-state index >= 15 is 0 Å². The Morgan fingerprint density at radius 2 is 2.47 bits per heavy atom. The predicted molar refractivity (Wildman–Crippen MR) is 58.3 cm³/mol. The van der Waals surface area contributed by atoms with E-state index in [0.717, 1.165) is 11.3 Å². The second kappa shape index (κ2) is 3.32. The van der Waals surface area contributed by atoms with Crippen molar-refractivity contribution in [2.75, 3.05) is 7.11 Å². The van der Waals surface area contributed by atoms with Gasteiger partial charge < -0.3 is 10.1 Å². The maximum Gasteiger partial charge on any atom is 0.348 e. The minimum atomic E-state index is -0.203. The number of esters is 1. The molecule has 3 rings (SSSR count). The van der Waals surface area contributed by atoms with Gasteiger partial charge in [-0.2, -0.15) is 0 Å². The minimum Gasteiger partial charge on any atom is -0.465 e. The van der Waals surface area contributed by atoms with Crippen molar-refractivity contribution in [1.82, 2.24) is 5.32 Å². The van der Waals surface area contributed by atoms with Gasteiger partial charge in [-0.25, -0.2) is 4.79 Å². The molecule has 1 N–H and O–H groups in total. The number of ether oxygens (including phenoxy) is 1. The van der Waals surface area contributed by atoms with Crippen molar-refractivity contribution >= 4 is 17.3 Å². The summed E-state index contributed by atoms with van der Waals surface area (Å²) in [6, 6.07) is 3.12. The molecule has 2 aliphatic rings. The average Bonchev–Trinajstić information content (AvgIpc) is 2.83. The smallest absolute Gasteiger partial charge is 0.348 e. The number of hydrogen-bond acceptors (Lipinski definition) is 4. The summed E-state index contributed by atoms with van der Waals surface area (Å²) in [6.07, 6.45) is 3.54. The van der Waals surface area contributed by atoms with E-state index in [1.165, 1.54) is 30.4 Å². The number of nitrogens with one attached hydrogen (secondary N) is 1. The van der Waals surface area contributed by atoms with Crippen LogP contribution in [0.5, 0.6) is 0 Å². The lowest BCUT2D eigenvalue weighted by Crippen LogP contribution is -2.30. The molecule has 2 aliphatic heterocycles. The highest BCUT2D eigenvalue weighted by Gasteiger charge is 2.34. The molecule has 0 aliphatic carbocycles. The zero-order valence-electron chi connectivity index (χ0n) is 8.58. The molecule has 2 atom stereocenters. The van der Waals surface area contributed by atoms with Crippen LogP contribution in [0.1, 0.15) is 39.0 Å². The normalized spacial score (nSPS) is 27.5. The second-order valence-corrected chi connectivity index (χ2v) is 5.32. The highest BCUT2D eigenvalue weighted by Crippen LogP contribution is 2.40. The minimum absolute atomic E-state index is 0.203. The molecule has 3 heterocycles. The summed E-state index contributed by atoms with van der Waals surface area (Å²) in [4.78, 5) is 13.5. The summed E-state index contributed by atoms with van der Waals surface area (Å²) in [7, 11) is 1.44. The summed E-state index contributed by atoms with van der Waals surface area (Å²) < 4.78 is 4.75. The van der Waals surface area contributed by atoms with Crippen LogP contribution in [0, 0.1) is 0 Å². The Bertz CT molecular complexity index is 413. The Kier molecular flexibility index (Phi) is 2.07. The van der Waals surface area contributed by atoms with Crippen molar-refractivity contribution in [3.8, 4) is 0 Å². The molecule has 15 heavy (non-hydrogen) atoms. The van der Waals surface area contributed by atoms with E-state index in [9.17, 15) is 4.79 Å². The third-order valence-electron chi connectivity index (χ3n) is 3.28. The number of thiophene rings is 1. The van der Waals surface area contributed by atoms with Gasteiger partial charge in [-0.1, -0.05) is 0 Å². The average molecular weight is 223 g/mol. The van der Waals surface area contributed by atoms with Gasteiger partial charge in [0.25, 0.3) is 0 Å². The third kappa shape index (κ3) is 1.40. The fourth-order valence-corrected chi connectivity index (χ4v) is 3.77. The third-order valence-corrected chi connectivity index (χ3v) is 4.43. The first-order valence-electron chi connectivity index (χ1n) is 5.25. The van der Waals surface area contributed by atoms with Crippen LogP contribution in [0.25, 0.3) is 0 Å². The first kappa shape index (κ1) is 9.36. The molecule has 1 fully saturated rings. The molecule has 3 nitrogen and oxygen atoms in total. The van der Waals surface area contributed by atoms with Gasteiger partial charge in [0, 0.05) is 17.0 Å². The van der Waals surface area contributed by atoms with Gasteiger partial charge in [0.15, 0.2) is 0 Å². The molecule has 1 saturated heterocycles. The highest BCUT2D eigenvalue weighted by atomic mass is 32.1. The van der Waals surface area contributed by atoms with Crippen LogP contribution >= 0.6 is 11.3 Å². The van der Waals surface area contributed by atoms with Gasteiger partial charge in [-0.15, -0.1) is 11.3 Å². The number of carbonyl (C=O) groups is 1. The summed E-state index contributed by atoms with van der Waals surface area (Å²) in [6.45, 7) is 0. The van der Waals surface area contributed by atoms with Crippen molar-refractivity contribution in [2.45, 2.75) is 31.3 Å². The molecule has 0 radical (unpaired) electrons. The molecule has 0 aromatic carbocycles. The quantitative estimate of drug-likeness (QED) is 0.739. The molecule has 2 bridgehead atoms. The fraction of sp³-hybridized carbons (Fsp3) is 0.545. The van der Waals surface area contributed by atoms with Crippen LogP contribution in [0.15, 0.2) is 6.07 Å². The topological polar surface area (TPSA) is 38.3 Å². The van der Waals surface area contributed by atoms with Crippen molar-refractivity contribution < 1.29 is 9.53 Å². The van der Waals surface area contributed by atoms with Crippen molar-refractivity contribution in [3.05, 3.63) is 21.4 Å². The molecule has 0 amide bonds. The monoisotopic (exact) mass is 223 g/mol. The summed E-state index contributed by atoms with van der Waals surface area (Å²) in [5.41, 5.74) is 1.33. The van der Waals surface area contributed by atoms with Crippen LogP contribution in [0.3, 0.4) is 0 Å². The maximum atomic E-state index is 11.4. The molecular formula is C11H13NO2S. The SMILES string of the molecule is COC(=O)c1cc2c(s1)CC1CCC2N1. The predicted octanol–water partition coefficient (Wildman–Crippen LogP) is 1.88. The van der Waals surface area contributed by atoms with E-state index in [1.54, 1.807) is 11.3 Å². The Balaban J connectivity index is 1.99. The lowest BCUT2D eigenvalue weighted by molar-refractivity contribution is 0.0606. The molecule has 0 spiro atoms. The van der Waals surface area contributed by atoms with E-state index in [2.05, 4.69) is 5.32 Å². The molecule has 4 heteroatoms. The first-order chi connectivity index (χ1) is 7.28. The van der Waals surface area contributed by atoms with Gasteiger partial charge >= 0.3 is 5.97 Å². The number of hydrogen-bond donors (Lipinski definition) is 1. The van der Waals surface area contributed by atoms with E-state index in [0.29, 0.717) is 12.1 Å². The van der Waals surface area contributed by atoms with Crippen molar-refractivity contribution in [2.24, 2.45) is 0 Å². The van der Waals surface area contributed by atoms with Gasteiger partial charge in [-0.05, 0) is 30.9 Å². The first-order valence-corrected chi connectivity index (χ1v) is 6.06. The Morgan fingerprint density at radius 3 is 3.27 bits per heavy atom. The summed E-state index contributed by atoms with van der Waals surface area (Å²) in [5, 5.41) is 3.57. The molecule has 0 saturated carbocycles. The van der Waals surface area contributed by atoms with Crippen LogP contribution in [0.4, 0.5) is 0 Å². The van der Waals surface area contributed by atoms with E-state index in [4.69, 9.17) is 4.74 Å². The largest absolute Gasteiger partial charge is 0.465 e. The fourth-order valence-electron chi connectivity index (χ4n) is 2.55. The van der Waals surface area contributed by atoms with Crippen molar-refractivity contribution in [1.29, 1.82) is 0 Å². The lowest BCUT2D eigenvalue weighted by Gasteiger charge is -2.20. The van der Waals surface area contributed by atoms with Crippen molar-refractivity contribution in [3.63, 3.8) is 0 Å². The molecular weight excluding hydrogens is 210 g/mol. The highest BCUT2D eigenvalue weighted by molar-refractivity contribution is 7.14. The summed E-state index contributed by atoms with van der Waals surface area (Å²) >= 11 is 1.60. The van der Waals surface area contributed by atoms with Crippen LogP contribution in [-0.2, 0) is 11.2 Å². The van der Waals surface area contributed by atoms with Gasteiger partial charge in [0.1, 0.15) is 4.88 Å². The number of carbonyl (C=O) groups excluding carboxylic acids is 1. The lowest BCUT2D eigenvalue weighted by atomic mass is 10.0. The molecule has 1 aromatic heterocycles. The Morgan fingerprint density at radius 1 is 1.60 bits per heavy atom. The molecule has 2 unspecified atom stereocenters. The number of methoxy groups -OCH3 is 1. The standard InChI is InChI=1S/C11H13NO2S/c1-14-11(13)10-5-7-8-3-2-6(12-8)4-9(7)15-10/h5-6,8,12H,2-4H2,1H3. The Hall–Kier alpha value is -0.870. The maximum absolute atomic E-state index is 11.4. The van der Waals surface area contributed by atoms with Crippen LogP contribution in [0.2, 0.25) is 0 Å². The second-order valence-electron chi connectivity index (χ2n) is 4.18.